The molecular formula is C16H18FN3O2S. The van der Waals surface area contributed by atoms with Crippen molar-refractivity contribution in [3.05, 3.63) is 40.6 Å². The van der Waals surface area contributed by atoms with Crippen LogP contribution in [0.25, 0.3) is 0 Å². The van der Waals surface area contributed by atoms with Crippen molar-refractivity contribution in [1.82, 2.24) is 9.88 Å². The molecule has 0 radical (unpaired) electrons. The quantitative estimate of drug-likeness (QED) is 0.875. The third-order valence-electron chi connectivity index (χ3n) is 3.58. The Labute approximate surface area is 138 Å². The summed E-state index contributed by atoms with van der Waals surface area (Å²) in [5.74, 6) is 0.658. The molecule has 1 aromatic heterocycles. The van der Waals surface area contributed by atoms with Gasteiger partial charge >= 0.3 is 6.03 Å². The van der Waals surface area contributed by atoms with Gasteiger partial charge in [-0.1, -0.05) is 0 Å². The molecule has 1 aliphatic carbocycles. The van der Waals surface area contributed by atoms with E-state index >= 15 is 0 Å². The number of urea groups is 1. The lowest BCUT2D eigenvalue weighted by atomic mass is 10.3. The standard InChI is InChI=1S/C16H18FN3O2S/c1-20(7-13-9-23-10-18-13)16(21)19-14-6-12(17)4-5-15(14)22-8-11-2-3-11/h4-6,9-11H,2-3,7-8H2,1H3,(H,19,21). The minimum atomic E-state index is -0.416. The molecule has 1 fully saturated rings. The maximum atomic E-state index is 13.5. The van der Waals surface area contributed by atoms with Crippen molar-refractivity contribution in [2.45, 2.75) is 19.4 Å². The van der Waals surface area contributed by atoms with Gasteiger partial charge in [0, 0.05) is 18.5 Å². The summed E-state index contributed by atoms with van der Waals surface area (Å²) in [4.78, 5) is 17.9. The first-order chi connectivity index (χ1) is 11.1. The van der Waals surface area contributed by atoms with Gasteiger partial charge in [0.05, 0.1) is 30.0 Å². The molecule has 23 heavy (non-hydrogen) atoms. The number of carbonyl (C=O) groups is 1. The van der Waals surface area contributed by atoms with Crippen molar-refractivity contribution in [1.29, 1.82) is 0 Å². The zero-order chi connectivity index (χ0) is 16.2. The smallest absolute Gasteiger partial charge is 0.322 e. The second-order valence-electron chi connectivity index (χ2n) is 5.66. The van der Waals surface area contributed by atoms with Crippen molar-refractivity contribution >= 4 is 23.1 Å². The van der Waals surface area contributed by atoms with Gasteiger partial charge in [0.1, 0.15) is 11.6 Å². The van der Waals surface area contributed by atoms with Gasteiger partial charge in [-0.3, -0.25) is 0 Å². The van der Waals surface area contributed by atoms with E-state index in [0.29, 0.717) is 30.5 Å². The van der Waals surface area contributed by atoms with Crippen LogP contribution < -0.4 is 10.1 Å². The van der Waals surface area contributed by atoms with Crippen molar-refractivity contribution < 1.29 is 13.9 Å². The number of nitrogens with zero attached hydrogens (tertiary/aromatic N) is 2. The van der Waals surface area contributed by atoms with Crippen LogP contribution in [0.1, 0.15) is 18.5 Å². The average molecular weight is 335 g/mol. The number of aromatic nitrogens is 1. The second-order valence-corrected chi connectivity index (χ2v) is 6.38. The number of rotatable bonds is 6. The Morgan fingerprint density at radius 1 is 1.52 bits per heavy atom. The Morgan fingerprint density at radius 3 is 3.04 bits per heavy atom. The van der Waals surface area contributed by atoms with E-state index in [0.717, 1.165) is 5.69 Å². The number of thiazole rings is 1. The lowest BCUT2D eigenvalue weighted by Gasteiger charge is -2.18. The molecule has 1 aliphatic rings. The van der Waals surface area contributed by atoms with Gasteiger partial charge in [-0.15, -0.1) is 11.3 Å². The molecule has 7 heteroatoms. The maximum Gasteiger partial charge on any atom is 0.322 e. The number of anilines is 1. The van der Waals surface area contributed by atoms with Crippen LogP contribution in [-0.2, 0) is 6.54 Å². The van der Waals surface area contributed by atoms with Crippen LogP contribution >= 0.6 is 11.3 Å². The minimum Gasteiger partial charge on any atom is -0.491 e. The lowest BCUT2D eigenvalue weighted by Crippen LogP contribution is -2.31. The summed E-state index contributed by atoms with van der Waals surface area (Å²) in [6.45, 7) is 0.992. The number of nitrogens with one attached hydrogen (secondary N) is 1. The normalized spacial score (nSPS) is 13.7. The Kier molecular flexibility index (Phi) is 4.76. The number of carbonyl (C=O) groups excluding carboxylic acids is 1. The largest absolute Gasteiger partial charge is 0.491 e. The third-order valence-corrected chi connectivity index (χ3v) is 4.22. The molecule has 1 aromatic carbocycles. The van der Waals surface area contributed by atoms with E-state index in [-0.39, 0.29) is 6.03 Å². The van der Waals surface area contributed by atoms with Gasteiger partial charge in [0.2, 0.25) is 0 Å². The molecule has 3 rings (SSSR count). The molecular weight excluding hydrogens is 317 g/mol. The van der Waals surface area contributed by atoms with E-state index in [2.05, 4.69) is 10.3 Å². The molecule has 0 aliphatic heterocycles. The highest BCUT2D eigenvalue weighted by atomic mass is 32.1. The highest BCUT2D eigenvalue weighted by Gasteiger charge is 2.23. The van der Waals surface area contributed by atoms with Crippen LogP contribution in [0, 0.1) is 11.7 Å². The molecule has 2 amide bonds. The summed E-state index contributed by atoms with van der Waals surface area (Å²) in [6.07, 6.45) is 2.33. The molecule has 1 heterocycles. The van der Waals surface area contributed by atoms with Crippen LogP contribution in [0.5, 0.6) is 5.75 Å². The summed E-state index contributed by atoms with van der Waals surface area (Å²) < 4.78 is 19.2. The zero-order valence-corrected chi connectivity index (χ0v) is 13.6. The van der Waals surface area contributed by atoms with Crippen LogP contribution in [0.4, 0.5) is 14.9 Å². The van der Waals surface area contributed by atoms with Gasteiger partial charge in [-0.2, -0.15) is 0 Å². The molecule has 1 N–H and O–H groups in total. The number of benzene rings is 1. The first-order valence-corrected chi connectivity index (χ1v) is 8.37. The van der Waals surface area contributed by atoms with Gasteiger partial charge < -0.3 is 15.0 Å². The fourth-order valence-corrected chi connectivity index (χ4v) is 2.61. The predicted molar refractivity (Wildman–Crippen MR) is 87.2 cm³/mol. The number of ether oxygens (including phenoxy) is 1. The fourth-order valence-electron chi connectivity index (χ4n) is 2.06. The molecule has 2 aromatic rings. The third kappa shape index (κ3) is 4.41. The molecule has 0 unspecified atom stereocenters. The molecule has 122 valence electrons. The van der Waals surface area contributed by atoms with Crippen LogP contribution in [0.3, 0.4) is 0 Å². The van der Waals surface area contributed by atoms with Crippen molar-refractivity contribution in [3.63, 3.8) is 0 Å². The summed E-state index contributed by atoms with van der Waals surface area (Å²) in [6, 6.07) is 3.82. The van der Waals surface area contributed by atoms with Crippen molar-refractivity contribution in [2.75, 3.05) is 19.0 Å². The summed E-state index contributed by atoms with van der Waals surface area (Å²) in [5, 5.41) is 4.59. The molecule has 0 atom stereocenters. The predicted octanol–water partition coefficient (Wildman–Crippen LogP) is 3.73. The highest BCUT2D eigenvalue weighted by molar-refractivity contribution is 7.07. The number of hydrogen-bond donors (Lipinski definition) is 1. The molecule has 0 saturated heterocycles. The van der Waals surface area contributed by atoms with Crippen LogP contribution in [0.2, 0.25) is 0 Å². The van der Waals surface area contributed by atoms with Gasteiger partial charge in [-0.05, 0) is 30.9 Å². The first-order valence-electron chi connectivity index (χ1n) is 7.43. The van der Waals surface area contributed by atoms with Gasteiger partial charge in [0.15, 0.2) is 0 Å². The summed E-state index contributed by atoms with van der Waals surface area (Å²) in [7, 11) is 1.67. The topological polar surface area (TPSA) is 54.5 Å². The molecule has 0 bridgehead atoms. The fraction of sp³-hybridized carbons (Fsp3) is 0.375. The number of halogens is 1. The van der Waals surface area contributed by atoms with Gasteiger partial charge in [-0.25, -0.2) is 14.2 Å². The van der Waals surface area contributed by atoms with E-state index in [1.807, 2.05) is 5.38 Å². The van der Waals surface area contributed by atoms with Crippen LogP contribution in [0.15, 0.2) is 29.1 Å². The molecule has 0 spiro atoms. The number of hydrogen-bond acceptors (Lipinski definition) is 4. The Bertz CT molecular complexity index is 674. The Balaban J connectivity index is 1.64. The lowest BCUT2D eigenvalue weighted by molar-refractivity contribution is 0.220. The Hall–Kier alpha value is -2.15. The average Bonchev–Trinajstić information content (AvgIpc) is 3.22. The minimum absolute atomic E-state index is 0.333. The van der Waals surface area contributed by atoms with Crippen LogP contribution in [-0.4, -0.2) is 29.6 Å². The Morgan fingerprint density at radius 2 is 2.35 bits per heavy atom. The zero-order valence-electron chi connectivity index (χ0n) is 12.8. The second kappa shape index (κ2) is 6.95. The van der Waals surface area contributed by atoms with E-state index in [9.17, 15) is 9.18 Å². The van der Waals surface area contributed by atoms with Gasteiger partial charge in [0.25, 0.3) is 0 Å². The van der Waals surface area contributed by atoms with Crippen molar-refractivity contribution in [3.8, 4) is 5.75 Å². The maximum absolute atomic E-state index is 13.5. The van der Waals surface area contributed by atoms with E-state index in [1.165, 1.54) is 41.2 Å². The summed E-state index contributed by atoms with van der Waals surface area (Å²) in [5.41, 5.74) is 2.88. The van der Waals surface area contributed by atoms with Crippen molar-refractivity contribution in [2.24, 2.45) is 5.92 Å². The SMILES string of the molecule is CN(Cc1cscn1)C(=O)Nc1cc(F)ccc1OCC1CC1. The molecule has 1 saturated carbocycles. The van der Waals surface area contributed by atoms with E-state index < -0.39 is 5.82 Å². The first kappa shape index (κ1) is 15.7. The number of amides is 2. The monoisotopic (exact) mass is 335 g/mol. The molecule has 5 nitrogen and oxygen atoms in total. The highest BCUT2D eigenvalue weighted by Crippen LogP contribution is 2.32. The van der Waals surface area contributed by atoms with E-state index in [4.69, 9.17) is 4.74 Å². The summed E-state index contributed by atoms with van der Waals surface area (Å²) >= 11 is 1.48. The van der Waals surface area contributed by atoms with E-state index in [1.54, 1.807) is 18.6 Å².